The first-order valence-corrected chi connectivity index (χ1v) is 10.6. The van der Waals surface area contributed by atoms with Crippen molar-refractivity contribution in [3.8, 4) is 10.7 Å². The first kappa shape index (κ1) is 18.5. The van der Waals surface area contributed by atoms with Gasteiger partial charge in [-0.05, 0) is 29.1 Å². The van der Waals surface area contributed by atoms with E-state index in [1.54, 1.807) is 23.1 Å². The summed E-state index contributed by atoms with van der Waals surface area (Å²) in [5.74, 6) is 1.56. The molecule has 2 heterocycles. The molecule has 7 heteroatoms. The number of nitrogens with one attached hydrogen (secondary N) is 1. The summed E-state index contributed by atoms with van der Waals surface area (Å²) < 4.78 is 5.24. The van der Waals surface area contributed by atoms with Gasteiger partial charge in [-0.2, -0.15) is 4.98 Å². The van der Waals surface area contributed by atoms with Gasteiger partial charge in [0.25, 0.3) is 5.91 Å². The molecular formula is C21H17N3O2S2. The van der Waals surface area contributed by atoms with Crippen LogP contribution in [0.5, 0.6) is 0 Å². The van der Waals surface area contributed by atoms with Crippen molar-refractivity contribution in [1.29, 1.82) is 0 Å². The standard InChI is InChI=1S/C21H17N3O2S2/c25-21(22-13-19-23-20(24-26-19)18-11-6-12-27-18)16-9-4-5-10-17(16)28-14-15-7-2-1-3-8-15/h1-12H,13-14H2,(H,22,25). The molecule has 1 N–H and O–H groups in total. The van der Waals surface area contributed by atoms with Gasteiger partial charge in [0, 0.05) is 10.6 Å². The topological polar surface area (TPSA) is 68.0 Å². The summed E-state index contributed by atoms with van der Waals surface area (Å²) in [5.41, 5.74) is 1.86. The molecule has 1 amide bonds. The van der Waals surface area contributed by atoms with E-state index in [9.17, 15) is 4.79 Å². The number of hydrogen-bond donors (Lipinski definition) is 1. The van der Waals surface area contributed by atoms with Gasteiger partial charge in [-0.1, -0.05) is 53.7 Å². The zero-order valence-corrected chi connectivity index (χ0v) is 16.5. The van der Waals surface area contributed by atoms with Crippen LogP contribution >= 0.6 is 23.1 Å². The van der Waals surface area contributed by atoms with Gasteiger partial charge in [0.05, 0.1) is 17.0 Å². The highest BCUT2D eigenvalue weighted by Gasteiger charge is 2.14. The second-order valence-corrected chi connectivity index (χ2v) is 7.91. The number of rotatable bonds is 7. The molecule has 0 spiro atoms. The summed E-state index contributed by atoms with van der Waals surface area (Å²) in [5, 5.41) is 8.78. The number of hydrogen-bond acceptors (Lipinski definition) is 6. The second-order valence-electron chi connectivity index (χ2n) is 5.94. The number of aromatic nitrogens is 2. The van der Waals surface area contributed by atoms with Crippen molar-refractivity contribution in [2.24, 2.45) is 0 Å². The largest absolute Gasteiger partial charge is 0.343 e. The Labute approximate surface area is 170 Å². The van der Waals surface area contributed by atoms with Crippen molar-refractivity contribution in [1.82, 2.24) is 15.5 Å². The summed E-state index contributed by atoms with van der Waals surface area (Å²) in [7, 11) is 0. The number of benzene rings is 2. The molecule has 2 aromatic carbocycles. The van der Waals surface area contributed by atoms with Gasteiger partial charge in [0.2, 0.25) is 11.7 Å². The Morgan fingerprint density at radius 1 is 1.04 bits per heavy atom. The van der Waals surface area contributed by atoms with Crippen molar-refractivity contribution in [3.05, 3.63) is 89.1 Å². The van der Waals surface area contributed by atoms with Gasteiger partial charge in [-0.25, -0.2) is 0 Å². The lowest BCUT2D eigenvalue weighted by Gasteiger charge is -2.09. The molecule has 0 unspecified atom stereocenters. The number of carbonyl (C=O) groups is 1. The molecule has 2 aromatic heterocycles. The van der Waals surface area contributed by atoms with E-state index < -0.39 is 0 Å². The molecule has 5 nitrogen and oxygen atoms in total. The highest BCUT2D eigenvalue weighted by atomic mass is 32.2. The molecule has 0 bridgehead atoms. The summed E-state index contributed by atoms with van der Waals surface area (Å²) in [6.07, 6.45) is 0. The molecular weight excluding hydrogens is 390 g/mol. The molecule has 28 heavy (non-hydrogen) atoms. The maximum Gasteiger partial charge on any atom is 0.252 e. The predicted molar refractivity (Wildman–Crippen MR) is 111 cm³/mol. The minimum Gasteiger partial charge on any atom is -0.343 e. The van der Waals surface area contributed by atoms with Crippen LogP contribution in [0.3, 0.4) is 0 Å². The van der Waals surface area contributed by atoms with Crippen molar-refractivity contribution in [3.63, 3.8) is 0 Å². The fourth-order valence-electron chi connectivity index (χ4n) is 2.60. The van der Waals surface area contributed by atoms with Gasteiger partial charge >= 0.3 is 0 Å². The molecule has 0 atom stereocenters. The zero-order valence-electron chi connectivity index (χ0n) is 14.9. The Morgan fingerprint density at radius 3 is 2.68 bits per heavy atom. The summed E-state index contributed by atoms with van der Waals surface area (Å²) in [6, 6.07) is 21.6. The molecule has 0 radical (unpaired) electrons. The zero-order chi connectivity index (χ0) is 19.2. The van der Waals surface area contributed by atoms with Crippen LogP contribution in [0.25, 0.3) is 10.7 Å². The lowest BCUT2D eigenvalue weighted by molar-refractivity contribution is 0.0943. The Kier molecular flexibility index (Phi) is 5.84. The third-order valence-electron chi connectivity index (χ3n) is 3.98. The number of nitrogens with zero attached hydrogens (tertiary/aromatic N) is 2. The first-order valence-electron chi connectivity index (χ1n) is 8.70. The van der Waals surface area contributed by atoms with Crippen LogP contribution in [0.15, 0.2) is 81.5 Å². The van der Waals surface area contributed by atoms with Crippen molar-refractivity contribution in [2.75, 3.05) is 0 Å². The van der Waals surface area contributed by atoms with Crippen molar-refractivity contribution in [2.45, 2.75) is 17.2 Å². The third kappa shape index (κ3) is 4.49. The van der Waals surface area contributed by atoms with Crippen LogP contribution < -0.4 is 5.32 Å². The summed E-state index contributed by atoms with van der Waals surface area (Å²) >= 11 is 3.18. The van der Waals surface area contributed by atoms with E-state index >= 15 is 0 Å². The second kappa shape index (κ2) is 8.86. The maximum absolute atomic E-state index is 12.7. The predicted octanol–water partition coefficient (Wildman–Crippen LogP) is 5.02. The maximum atomic E-state index is 12.7. The molecule has 140 valence electrons. The van der Waals surface area contributed by atoms with Gasteiger partial charge < -0.3 is 9.84 Å². The Hall–Kier alpha value is -2.90. The van der Waals surface area contributed by atoms with Crippen molar-refractivity contribution >= 4 is 29.0 Å². The van der Waals surface area contributed by atoms with Crippen LogP contribution in [0.4, 0.5) is 0 Å². The van der Waals surface area contributed by atoms with Crippen LogP contribution in [0, 0.1) is 0 Å². The minimum atomic E-state index is -0.160. The van der Waals surface area contributed by atoms with E-state index in [-0.39, 0.29) is 12.5 Å². The molecule has 0 aliphatic carbocycles. The number of thiophene rings is 1. The molecule has 0 saturated heterocycles. The van der Waals surface area contributed by atoms with E-state index in [2.05, 4.69) is 27.6 Å². The van der Waals surface area contributed by atoms with Crippen LogP contribution in [-0.2, 0) is 12.3 Å². The summed E-state index contributed by atoms with van der Waals surface area (Å²) in [4.78, 5) is 18.9. The molecule has 0 aliphatic heterocycles. The highest BCUT2D eigenvalue weighted by Crippen LogP contribution is 2.26. The molecule has 0 fully saturated rings. The average molecular weight is 408 g/mol. The Balaban J connectivity index is 1.39. The number of thioether (sulfide) groups is 1. The monoisotopic (exact) mass is 407 g/mol. The van der Waals surface area contributed by atoms with E-state index in [0.29, 0.717) is 17.3 Å². The lowest BCUT2D eigenvalue weighted by Crippen LogP contribution is -2.23. The average Bonchev–Trinajstić information content (AvgIpc) is 3.43. The van der Waals surface area contributed by atoms with E-state index in [4.69, 9.17) is 4.52 Å². The summed E-state index contributed by atoms with van der Waals surface area (Å²) in [6.45, 7) is 0.189. The van der Waals surface area contributed by atoms with Gasteiger partial charge in [-0.3, -0.25) is 4.79 Å². The molecule has 0 saturated carbocycles. The minimum absolute atomic E-state index is 0.160. The Bertz CT molecular complexity index is 1050. The lowest BCUT2D eigenvalue weighted by atomic mass is 10.2. The van der Waals surface area contributed by atoms with E-state index in [0.717, 1.165) is 15.5 Å². The van der Waals surface area contributed by atoms with Gasteiger partial charge in [0.1, 0.15) is 0 Å². The quantitative estimate of drug-likeness (QED) is 0.436. The number of amides is 1. The SMILES string of the molecule is O=C(NCc1nc(-c2cccs2)no1)c1ccccc1SCc1ccccc1. The Morgan fingerprint density at radius 2 is 1.86 bits per heavy atom. The van der Waals surface area contributed by atoms with E-state index in [1.165, 1.54) is 5.56 Å². The van der Waals surface area contributed by atoms with E-state index in [1.807, 2.05) is 60.0 Å². The molecule has 4 aromatic rings. The smallest absolute Gasteiger partial charge is 0.252 e. The normalized spacial score (nSPS) is 10.7. The number of carbonyl (C=O) groups excluding carboxylic acids is 1. The fraction of sp³-hybridized carbons (Fsp3) is 0.0952. The van der Waals surface area contributed by atoms with Crippen molar-refractivity contribution < 1.29 is 9.32 Å². The molecule has 4 rings (SSSR count). The van der Waals surface area contributed by atoms with Gasteiger partial charge in [0.15, 0.2) is 0 Å². The highest BCUT2D eigenvalue weighted by molar-refractivity contribution is 7.98. The van der Waals surface area contributed by atoms with Crippen LogP contribution in [-0.4, -0.2) is 16.0 Å². The fourth-order valence-corrected chi connectivity index (χ4v) is 4.25. The van der Waals surface area contributed by atoms with Gasteiger partial charge in [-0.15, -0.1) is 23.1 Å². The molecule has 0 aliphatic rings. The first-order chi connectivity index (χ1) is 13.8. The van der Waals surface area contributed by atoms with Crippen LogP contribution in [0.2, 0.25) is 0 Å². The third-order valence-corrected chi connectivity index (χ3v) is 5.99. The van der Waals surface area contributed by atoms with Crippen LogP contribution in [0.1, 0.15) is 21.8 Å².